The van der Waals surface area contributed by atoms with Crippen molar-refractivity contribution in [3.8, 4) is 0 Å². The molecule has 1 spiro atoms. The van der Waals surface area contributed by atoms with Gasteiger partial charge in [-0.15, -0.1) is 11.3 Å². The van der Waals surface area contributed by atoms with Gasteiger partial charge >= 0.3 is 0 Å². The Morgan fingerprint density at radius 3 is 3.00 bits per heavy atom. The molecule has 20 heavy (non-hydrogen) atoms. The van der Waals surface area contributed by atoms with Gasteiger partial charge in [0.25, 0.3) is 0 Å². The van der Waals surface area contributed by atoms with Crippen LogP contribution in [-0.4, -0.2) is 24.2 Å². The first-order chi connectivity index (χ1) is 9.51. The summed E-state index contributed by atoms with van der Waals surface area (Å²) in [6.07, 6.45) is 5.25. The Bertz CT molecular complexity index is 542. The van der Waals surface area contributed by atoms with E-state index in [2.05, 4.69) is 18.3 Å². The van der Waals surface area contributed by atoms with Crippen molar-refractivity contribution in [2.75, 3.05) is 6.61 Å². The summed E-state index contributed by atoms with van der Waals surface area (Å²) in [5, 5.41) is 3.69. The predicted octanol–water partition coefficient (Wildman–Crippen LogP) is 2.80. The van der Waals surface area contributed by atoms with Crippen LogP contribution in [0.1, 0.15) is 43.0 Å². The minimum atomic E-state index is -0.157. The van der Waals surface area contributed by atoms with Gasteiger partial charge in [-0.3, -0.25) is 0 Å². The molecule has 4 rings (SSSR count). The van der Waals surface area contributed by atoms with Crippen molar-refractivity contribution < 1.29 is 4.74 Å². The molecule has 1 aromatic heterocycles. The number of hydrogen-bond donors (Lipinski definition) is 2. The Hall–Kier alpha value is -0.130. The lowest BCUT2D eigenvalue weighted by molar-refractivity contribution is -0.0978. The van der Waals surface area contributed by atoms with Gasteiger partial charge < -0.3 is 15.8 Å². The van der Waals surface area contributed by atoms with Crippen LogP contribution >= 0.6 is 22.9 Å². The number of nitrogens with two attached hydrogens (primary N) is 1. The highest BCUT2D eigenvalue weighted by molar-refractivity contribution is 7.16. The monoisotopic (exact) mass is 312 g/mol. The molecule has 0 bridgehead atoms. The Kier molecular flexibility index (Phi) is 3.00. The van der Waals surface area contributed by atoms with Crippen molar-refractivity contribution in [1.82, 2.24) is 5.32 Å². The zero-order valence-electron chi connectivity index (χ0n) is 11.7. The summed E-state index contributed by atoms with van der Waals surface area (Å²) in [5.41, 5.74) is 7.68. The lowest BCUT2D eigenvalue weighted by Crippen LogP contribution is -2.60. The third-order valence-electron chi connectivity index (χ3n) is 5.12. The van der Waals surface area contributed by atoms with Crippen LogP contribution in [0, 0.1) is 0 Å². The number of nitrogens with one attached hydrogen (secondary N) is 1. The van der Waals surface area contributed by atoms with Crippen LogP contribution in [0.2, 0.25) is 4.34 Å². The molecule has 3 heterocycles. The van der Waals surface area contributed by atoms with Crippen molar-refractivity contribution in [3.05, 3.63) is 20.8 Å². The number of halogens is 1. The summed E-state index contributed by atoms with van der Waals surface area (Å²) in [5.74, 6) is 0. The molecule has 3 atom stereocenters. The molecule has 3 aliphatic rings. The largest absolute Gasteiger partial charge is 0.369 e. The number of fused-ring (bicyclic) bond motifs is 2. The molecule has 1 aromatic rings. The summed E-state index contributed by atoms with van der Waals surface area (Å²) >= 11 is 7.95. The van der Waals surface area contributed by atoms with E-state index in [1.54, 1.807) is 11.3 Å². The third kappa shape index (κ3) is 2.04. The van der Waals surface area contributed by atoms with Crippen LogP contribution in [0.4, 0.5) is 0 Å². The van der Waals surface area contributed by atoms with Crippen LogP contribution in [0.3, 0.4) is 0 Å². The standard InChI is InChI=1S/C15H21ClN2OS/c1-9-7-15(8-11(18-9)14(17)3-4-14)13-10(2-5-19-15)6-12(16)20-13/h6,9,11,18H,2-5,7-8,17H2,1H3. The van der Waals surface area contributed by atoms with Crippen molar-refractivity contribution in [1.29, 1.82) is 0 Å². The van der Waals surface area contributed by atoms with E-state index in [4.69, 9.17) is 22.1 Å². The fourth-order valence-corrected chi connectivity index (χ4v) is 5.39. The van der Waals surface area contributed by atoms with Crippen molar-refractivity contribution in [3.63, 3.8) is 0 Å². The number of ether oxygens (including phenoxy) is 1. The number of hydrogen-bond acceptors (Lipinski definition) is 4. The van der Waals surface area contributed by atoms with Gasteiger partial charge in [-0.05, 0) is 50.7 Å². The first kappa shape index (κ1) is 13.5. The molecule has 5 heteroatoms. The molecular formula is C15H21ClN2OS. The molecule has 110 valence electrons. The molecule has 2 fully saturated rings. The second-order valence-corrected chi connectivity index (χ2v) is 8.44. The number of piperidine rings is 1. The lowest BCUT2D eigenvalue weighted by Gasteiger charge is -2.47. The minimum Gasteiger partial charge on any atom is -0.369 e. The van der Waals surface area contributed by atoms with E-state index in [9.17, 15) is 0 Å². The summed E-state index contributed by atoms with van der Waals surface area (Å²) in [6.45, 7) is 3.05. The van der Waals surface area contributed by atoms with Crippen molar-refractivity contribution in [2.45, 2.75) is 62.3 Å². The summed E-state index contributed by atoms with van der Waals surface area (Å²) < 4.78 is 7.21. The second kappa shape index (κ2) is 4.43. The van der Waals surface area contributed by atoms with Crippen LogP contribution in [0.5, 0.6) is 0 Å². The van der Waals surface area contributed by atoms with E-state index in [0.717, 1.165) is 43.0 Å². The van der Waals surface area contributed by atoms with Gasteiger partial charge in [-0.1, -0.05) is 11.6 Å². The first-order valence-electron chi connectivity index (χ1n) is 7.48. The van der Waals surface area contributed by atoms with Crippen LogP contribution in [0.15, 0.2) is 6.07 Å². The van der Waals surface area contributed by atoms with E-state index in [1.807, 2.05) is 0 Å². The Morgan fingerprint density at radius 1 is 1.45 bits per heavy atom. The maximum Gasteiger partial charge on any atom is 0.106 e. The second-order valence-electron chi connectivity index (χ2n) is 6.76. The predicted molar refractivity (Wildman–Crippen MR) is 82.4 cm³/mol. The highest BCUT2D eigenvalue weighted by Crippen LogP contribution is 2.51. The van der Waals surface area contributed by atoms with Crippen LogP contribution < -0.4 is 11.1 Å². The van der Waals surface area contributed by atoms with Crippen LogP contribution in [-0.2, 0) is 16.8 Å². The van der Waals surface area contributed by atoms with E-state index < -0.39 is 0 Å². The smallest absolute Gasteiger partial charge is 0.106 e. The highest BCUT2D eigenvalue weighted by Gasteiger charge is 2.54. The molecular weight excluding hydrogens is 292 g/mol. The maximum atomic E-state index is 6.46. The fraction of sp³-hybridized carbons (Fsp3) is 0.733. The highest BCUT2D eigenvalue weighted by atomic mass is 35.5. The van der Waals surface area contributed by atoms with Crippen molar-refractivity contribution >= 4 is 22.9 Å². The average molecular weight is 313 g/mol. The molecule has 3 unspecified atom stereocenters. The number of rotatable bonds is 1. The van der Waals surface area contributed by atoms with Crippen molar-refractivity contribution in [2.24, 2.45) is 5.73 Å². The molecule has 1 aliphatic carbocycles. The SMILES string of the molecule is CC1CC2(CC(C3(N)CC3)N1)OCCc1cc(Cl)sc12. The molecule has 0 aromatic carbocycles. The topological polar surface area (TPSA) is 47.3 Å². The first-order valence-corrected chi connectivity index (χ1v) is 8.68. The zero-order valence-corrected chi connectivity index (χ0v) is 13.3. The Labute approximate surface area is 128 Å². The molecule has 3 nitrogen and oxygen atoms in total. The van der Waals surface area contributed by atoms with Gasteiger partial charge in [0, 0.05) is 22.5 Å². The lowest BCUT2D eigenvalue weighted by atomic mass is 9.77. The van der Waals surface area contributed by atoms with Crippen LogP contribution in [0.25, 0.3) is 0 Å². The molecule has 3 N–H and O–H groups in total. The van der Waals surface area contributed by atoms with E-state index >= 15 is 0 Å². The van der Waals surface area contributed by atoms with E-state index in [-0.39, 0.29) is 11.1 Å². The van der Waals surface area contributed by atoms with E-state index in [0.29, 0.717) is 12.1 Å². The van der Waals surface area contributed by atoms with Gasteiger partial charge in [-0.2, -0.15) is 0 Å². The fourth-order valence-electron chi connectivity index (χ4n) is 3.92. The number of thiophene rings is 1. The Balaban J connectivity index is 1.72. The molecule has 0 radical (unpaired) electrons. The Morgan fingerprint density at radius 2 is 2.25 bits per heavy atom. The van der Waals surface area contributed by atoms with Gasteiger partial charge in [0.05, 0.1) is 10.9 Å². The van der Waals surface area contributed by atoms with Gasteiger partial charge in [0.2, 0.25) is 0 Å². The average Bonchev–Trinajstić information content (AvgIpc) is 3.01. The normalized spacial score (nSPS) is 38.8. The van der Waals surface area contributed by atoms with E-state index in [1.165, 1.54) is 10.4 Å². The quantitative estimate of drug-likeness (QED) is 0.838. The zero-order chi connectivity index (χ0) is 14.0. The summed E-state index contributed by atoms with van der Waals surface area (Å²) in [4.78, 5) is 1.36. The molecule has 1 saturated carbocycles. The summed E-state index contributed by atoms with van der Waals surface area (Å²) in [7, 11) is 0. The third-order valence-corrected chi connectivity index (χ3v) is 6.61. The molecule has 0 amide bonds. The minimum absolute atomic E-state index is 0.0102. The van der Waals surface area contributed by atoms with Gasteiger partial charge in [0.1, 0.15) is 5.60 Å². The summed E-state index contributed by atoms with van der Waals surface area (Å²) in [6, 6.07) is 2.92. The maximum absolute atomic E-state index is 6.46. The molecule has 1 saturated heterocycles. The van der Waals surface area contributed by atoms with Gasteiger partial charge in [-0.25, -0.2) is 0 Å². The van der Waals surface area contributed by atoms with Gasteiger partial charge in [0.15, 0.2) is 0 Å². The molecule has 2 aliphatic heterocycles.